The Labute approximate surface area is 119 Å². The van der Waals surface area contributed by atoms with Gasteiger partial charge in [-0.3, -0.25) is 0 Å². The molecule has 2 N–H and O–H groups in total. The fourth-order valence-corrected chi connectivity index (χ4v) is 3.09. The minimum Gasteiger partial charge on any atom is -0.380 e. The highest BCUT2D eigenvalue weighted by Gasteiger charge is 2.18. The van der Waals surface area contributed by atoms with Crippen LogP contribution in [0.15, 0.2) is 40.2 Å². The van der Waals surface area contributed by atoms with E-state index in [-0.39, 0.29) is 0 Å². The minimum absolute atomic E-state index is 0.398. The Hall–Kier alpha value is -1.78. The monoisotopic (exact) mass is 290 g/mol. The largest absolute Gasteiger partial charge is 0.380 e. The average molecular weight is 291 g/mol. The summed E-state index contributed by atoms with van der Waals surface area (Å²) in [6, 6.07) is 9.72. The van der Waals surface area contributed by atoms with E-state index in [9.17, 15) is 0 Å². The summed E-state index contributed by atoms with van der Waals surface area (Å²) in [5.74, 6) is 1.06. The van der Waals surface area contributed by atoms with E-state index in [1.165, 1.54) is 0 Å². The molecule has 0 radical (unpaired) electrons. The smallest absolute Gasteiger partial charge is 0.177 e. The van der Waals surface area contributed by atoms with Crippen molar-refractivity contribution < 1.29 is 4.52 Å². The molecule has 3 nitrogen and oxygen atoms in total. The zero-order valence-corrected chi connectivity index (χ0v) is 11.8. The van der Waals surface area contributed by atoms with Gasteiger partial charge in [-0.15, -0.1) is 11.3 Å². The van der Waals surface area contributed by atoms with E-state index in [0.717, 1.165) is 21.6 Å². The molecule has 0 atom stereocenters. The number of aromatic nitrogens is 1. The number of nitrogens with two attached hydrogens (primary N) is 1. The van der Waals surface area contributed by atoms with Gasteiger partial charge in [0.15, 0.2) is 11.6 Å². The van der Waals surface area contributed by atoms with Crippen LogP contribution in [0.5, 0.6) is 0 Å². The van der Waals surface area contributed by atoms with Crippen LogP contribution in [0.1, 0.15) is 5.56 Å². The first-order chi connectivity index (χ1) is 9.15. The number of nitrogen functional groups attached to an aromatic ring is 1. The molecule has 0 spiro atoms. The standard InChI is InChI=1S/C14H11ClN2OS/c1-8-5-9(7-10(15)6-8)13-12(14(16)17-18-13)11-3-2-4-19-11/h2-7H,1H3,(H2,16,17). The molecular weight excluding hydrogens is 280 g/mol. The summed E-state index contributed by atoms with van der Waals surface area (Å²) in [4.78, 5) is 1.03. The SMILES string of the molecule is Cc1cc(Cl)cc(-c2onc(N)c2-c2cccs2)c1. The average Bonchev–Trinajstić information content (AvgIpc) is 2.96. The molecule has 0 aliphatic carbocycles. The summed E-state index contributed by atoms with van der Waals surface area (Å²) in [6.07, 6.45) is 0. The van der Waals surface area contributed by atoms with Crippen LogP contribution in [0.25, 0.3) is 21.8 Å². The van der Waals surface area contributed by atoms with Gasteiger partial charge in [0.1, 0.15) is 0 Å². The highest BCUT2D eigenvalue weighted by atomic mass is 35.5. The Bertz CT molecular complexity index is 699. The van der Waals surface area contributed by atoms with Gasteiger partial charge in [0.25, 0.3) is 0 Å². The lowest BCUT2D eigenvalue weighted by Gasteiger charge is -2.03. The van der Waals surface area contributed by atoms with Crippen molar-refractivity contribution in [2.75, 3.05) is 5.73 Å². The second-order valence-electron chi connectivity index (χ2n) is 4.27. The van der Waals surface area contributed by atoms with E-state index in [1.54, 1.807) is 11.3 Å². The number of aryl methyl sites for hydroxylation is 1. The molecule has 2 heterocycles. The van der Waals surface area contributed by atoms with Gasteiger partial charge in [-0.25, -0.2) is 0 Å². The zero-order chi connectivity index (χ0) is 13.4. The van der Waals surface area contributed by atoms with Crippen LogP contribution in [-0.2, 0) is 0 Å². The van der Waals surface area contributed by atoms with Gasteiger partial charge < -0.3 is 10.3 Å². The van der Waals surface area contributed by atoms with Crippen LogP contribution in [0.2, 0.25) is 5.02 Å². The molecule has 5 heteroatoms. The van der Waals surface area contributed by atoms with Crippen LogP contribution in [0, 0.1) is 6.92 Å². The highest BCUT2D eigenvalue weighted by molar-refractivity contribution is 7.13. The van der Waals surface area contributed by atoms with Crippen molar-refractivity contribution in [2.24, 2.45) is 0 Å². The lowest BCUT2D eigenvalue weighted by molar-refractivity contribution is 0.436. The molecule has 0 aliphatic rings. The fourth-order valence-electron chi connectivity index (χ4n) is 2.03. The van der Waals surface area contributed by atoms with Crippen molar-refractivity contribution in [1.29, 1.82) is 0 Å². The Kier molecular flexibility index (Phi) is 3.05. The summed E-state index contributed by atoms with van der Waals surface area (Å²) in [5.41, 5.74) is 8.70. The van der Waals surface area contributed by atoms with E-state index < -0.39 is 0 Å². The summed E-state index contributed by atoms with van der Waals surface area (Å²) in [6.45, 7) is 1.99. The molecule has 0 amide bonds. The molecule has 0 fully saturated rings. The molecule has 0 unspecified atom stereocenters. The summed E-state index contributed by atoms with van der Waals surface area (Å²) in [7, 11) is 0. The van der Waals surface area contributed by atoms with Gasteiger partial charge in [-0.05, 0) is 42.1 Å². The van der Waals surface area contributed by atoms with Crippen molar-refractivity contribution >= 4 is 28.8 Å². The molecular formula is C14H11ClN2OS. The zero-order valence-electron chi connectivity index (χ0n) is 10.2. The maximum atomic E-state index is 6.09. The van der Waals surface area contributed by atoms with Crippen LogP contribution >= 0.6 is 22.9 Å². The van der Waals surface area contributed by atoms with Crippen molar-refractivity contribution in [3.63, 3.8) is 0 Å². The Balaban J connectivity index is 2.21. The van der Waals surface area contributed by atoms with Gasteiger partial charge in [0, 0.05) is 15.5 Å². The maximum absolute atomic E-state index is 6.09. The summed E-state index contributed by atoms with van der Waals surface area (Å²) < 4.78 is 5.39. The van der Waals surface area contributed by atoms with Gasteiger partial charge in [-0.2, -0.15) is 0 Å². The third-order valence-corrected chi connectivity index (χ3v) is 3.90. The molecule has 1 aromatic carbocycles. The second-order valence-corrected chi connectivity index (χ2v) is 5.65. The molecule has 3 rings (SSSR count). The molecule has 3 aromatic rings. The number of halogens is 1. The molecule has 0 bridgehead atoms. The van der Waals surface area contributed by atoms with E-state index in [1.807, 2.05) is 42.6 Å². The molecule has 96 valence electrons. The number of thiophene rings is 1. The second kappa shape index (κ2) is 4.72. The third kappa shape index (κ3) is 2.25. The van der Waals surface area contributed by atoms with E-state index in [0.29, 0.717) is 16.6 Å². The third-order valence-electron chi connectivity index (χ3n) is 2.79. The molecule has 0 saturated heterocycles. The van der Waals surface area contributed by atoms with Crippen molar-refractivity contribution in [3.05, 3.63) is 46.3 Å². The molecule has 0 aliphatic heterocycles. The first kappa shape index (κ1) is 12.3. The van der Waals surface area contributed by atoms with Crippen LogP contribution < -0.4 is 5.73 Å². The van der Waals surface area contributed by atoms with Crippen molar-refractivity contribution in [1.82, 2.24) is 5.16 Å². The summed E-state index contributed by atoms with van der Waals surface area (Å²) in [5, 5.41) is 6.54. The van der Waals surface area contributed by atoms with Gasteiger partial charge >= 0.3 is 0 Å². The normalized spacial score (nSPS) is 10.8. The Morgan fingerprint density at radius 3 is 2.84 bits per heavy atom. The first-order valence-corrected chi connectivity index (χ1v) is 6.97. The minimum atomic E-state index is 0.398. The van der Waals surface area contributed by atoms with Gasteiger partial charge in [0.05, 0.1) is 5.56 Å². The number of anilines is 1. The summed E-state index contributed by atoms with van der Waals surface area (Å²) >= 11 is 7.69. The predicted octanol–water partition coefficient (Wildman–Crippen LogP) is 4.61. The van der Waals surface area contributed by atoms with E-state index in [4.69, 9.17) is 21.9 Å². The first-order valence-electron chi connectivity index (χ1n) is 5.72. The lowest BCUT2D eigenvalue weighted by atomic mass is 10.1. The van der Waals surface area contributed by atoms with Crippen LogP contribution in [-0.4, -0.2) is 5.16 Å². The number of rotatable bonds is 2. The molecule has 19 heavy (non-hydrogen) atoms. The quantitative estimate of drug-likeness (QED) is 0.749. The Morgan fingerprint density at radius 1 is 1.32 bits per heavy atom. The molecule has 2 aromatic heterocycles. The van der Waals surface area contributed by atoms with E-state index in [2.05, 4.69) is 5.16 Å². The number of hydrogen-bond donors (Lipinski definition) is 1. The number of benzene rings is 1. The highest BCUT2D eigenvalue weighted by Crippen LogP contribution is 2.39. The number of hydrogen-bond acceptors (Lipinski definition) is 4. The fraction of sp³-hybridized carbons (Fsp3) is 0.0714. The Morgan fingerprint density at radius 2 is 2.16 bits per heavy atom. The van der Waals surface area contributed by atoms with Crippen LogP contribution in [0.4, 0.5) is 5.82 Å². The predicted molar refractivity (Wildman–Crippen MR) is 79.4 cm³/mol. The maximum Gasteiger partial charge on any atom is 0.177 e. The molecule has 0 saturated carbocycles. The van der Waals surface area contributed by atoms with Crippen molar-refractivity contribution in [2.45, 2.75) is 6.92 Å². The van der Waals surface area contributed by atoms with E-state index >= 15 is 0 Å². The van der Waals surface area contributed by atoms with Gasteiger partial charge in [0.2, 0.25) is 0 Å². The lowest BCUT2D eigenvalue weighted by Crippen LogP contribution is -1.87. The van der Waals surface area contributed by atoms with Gasteiger partial charge in [-0.1, -0.05) is 22.8 Å². The number of nitrogens with zero attached hydrogens (tertiary/aromatic N) is 1. The van der Waals surface area contributed by atoms with Crippen LogP contribution in [0.3, 0.4) is 0 Å². The topological polar surface area (TPSA) is 52.0 Å². The van der Waals surface area contributed by atoms with Crippen molar-refractivity contribution in [3.8, 4) is 21.8 Å².